The van der Waals surface area contributed by atoms with Crippen LogP contribution in [-0.2, 0) is 4.79 Å². The van der Waals surface area contributed by atoms with Crippen LogP contribution in [0.15, 0.2) is 18.2 Å². The Morgan fingerprint density at radius 2 is 2.16 bits per heavy atom. The first kappa shape index (κ1) is 13.8. The van der Waals surface area contributed by atoms with Crippen LogP contribution in [0.4, 0.5) is 4.39 Å². The summed E-state index contributed by atoms with van der Waals surface area (Å²) in [5.41, 5.74) is 0.211. The van der Waals surface area contributed by atoms with Crippen LogP contribution in [0.3, 0.4) is 0 Å². The first-order valence-electron chi connectivity index (χ1n) is 6.42. The van der Waals surface area contributed by atoms with Crippen LogP contribution in [0.1, 0.15) is 38.4 Å². The maximum atomic E-state index is 13.6. The maximum Gasteiger partial charge on any atom is 0.260 e. The van der Waals surface area contributed by atoms with Gasteiger partial charge >= 0.3 is 0 Å². The summed E-state index contributed by atoms with van der Waals surface area (Å²) in [6.45, 7) is 3.11. The van der Waals surface area contributed by atoms with E-state index in [0.717, 1.165) is 12.8 Å². The molecule has 1 aromatic rings. The summed E-state index contributed by atoms with van der Waals surface area (Å²) in [5.74, 6) is -0.454. The predicted octanol–water partition coefficient (Wildman–Crippen LogP) is 1.92. The van der Waals surface area contributed by atoms with Gasteiger partial charge in [-0.05, 0) is 38.8 Å². The van der Waals surface area contributed by atoms with Crippen molar-refractivity contribution in [2.75, 3.05) is 0 Å². The Morgan fingerprint density at radius 3 is 2.68 bits per heavy atom. The van der Waals surface area contributed by atoms with Crippen LogP contribution >= 0.6 is 0 Å². The van der Waals surface area contributed by atoms with Crippen LogP contribution in [0.5, 0.6) is 5.75 Å². The van der Waals surface area contributed by atoms with Crippen LogP contribution in [0.2, 0.25) is 0 Å². The molecule has 5 heteroatoms. The summed E-state index contributed by atoms with van der Waals surface area (Å²) in [6.07, 6.45) is 0.480. The van der Waals surface area contributed by atoms with Gasteiger partial charge in [-0.25, -0.2) is 4.39 Å². The van der Waals surface area contributed by atoms with Gasteiger partial charge in [-0.15, -0.1) is 0 Å². The van der Waals surface area contributed by atoms with E-state index >= 15 is 0 Å². The molecule has 0 aromatic heterocycles. The molecular weight excluding hydrogens is 249 g/mol. The lowest BCUT2D eigenvalue weighted by Crippen LogP contribution is -2.37. The van der Waals surface area contributed by atoms with E-state index in [-0.39, 0.29) is 23.3 Å². The van der Waals surface area contributed by atoms with Gasteiger partial charge in [-0.3, -0.25) is 4.79 Å². The van der Waals surface area contributed by atoms with Gasteiger partial charge < -0.3 is 15.2 Å². The molecule has 1 aliphatic rings. The minimum Gasteiger partial charge on any atom is -0.481 e. The second kappa shape index (κ2) is 5.57. The Morgan fingerprint density at radius 1 is 1.47 bits per heavy atom. The Bertz CT molecular complexity index is 472. The van der Waals surface area contributed by atoms with E-state index in [1.807, 2.05) is 0 Å². The van der Waals surface area contributed by atoms with Crippen molar-refractivity contribution >= 4 is 5.91 Å². The number of carbonyl (C=O) groups excluding carboxylic acids is 1. The van der Waals surface area contributed by atoms with Crippen molar-refractivity contribution in [1.29, 1.82) is 0 Å². The summed E-state index contributed by atoms with van der Waals surface area (Å²) in [7, 11) is 0. The van der Waals surface area contributed by atoms with Gasteiger partial charge in [0.05, 0.1) is 6.10 Å². The third kappa shape index (κ3) is 3.67. The summed E-state index contributed by atoms with van der Waals surface area (Å²) in [6, 6.07) is 4.46. The second-order valence-electron chi connectivity index (χ2n) is 4.90. The normalized spacial score (nSPS) is 17.7. The zero-order valence-electron chi connectivity index (χ0n) is 11.0. The molecule has 0 radical (unpaired) electrons. The minimum absolute atomic E-state index is 0.192. The molecule has 0 bridgehead atoms. The molecule has 104 valence electrons. The van der Waals surface area contributed by atoms with Crippen molar-refractivity contribution in [3.8, 4) is 5.75 Å². The van der Waals surface area contributed by atoms with E-state index in [1.165, 1.54) is 19.1 Å². The van der Waals surface area contributed by atoms with Crippen LogP contribution in [0, 0.1) is 5.82 Å². The smallest absolute Gasteiger partial charge is 0.260 e. The molecule has 2 rings (SSSR count). The molecule has 1 amide bonds. The number of carbonyl (C=O) groups is 1. The molecule has 0 heterocycles. The van der Waals surface area contributed by atoms with Gasteiger partial charge in [0.2, 0.25) is 0 Å². The van der Waals surface area contributed by atoms with Gasteiger partial charge in [-0.1, -0.05) is 0 Å². The largest absolute Gasteiger partial charge is 0.481 e. The highest BCUT2D eigenvalue weighted by molar-refractivity contribution is 5.81. The number of amides is 1. The van der Waals surface area contributed by atoms with Crippen molar-refractivity contribution in [1.82, 2.24) is 5.32 Å². The zero-order valence-corrected chi connectivity index (χ0v) is 11.0. The molecule has 19 heavy (non-hydrogen) atoms. The van der Waals surface area contributed by atoms with E-state index in [0.29, 0.717) is 0 Å². The van der Waals surface area contributed by atoms with Gasteiger partial charge in [0.15, 0.2) is 6.10 Å². The molecule has 4 nitrogen and oxygen atoms in total. The second-order valence-corrected chi connectivity index (χ2v) is 4.90. The lowest BCUT2D eigenvalue weighted by atomic mass is 10.1. The Kier molecular flexibility index (Phi) is 4.04. The molecule has 1 saturated carbocycles. The standard InChI is InChI=1S/C14H18FNO3/c1-8(17)12-6-5-11(7-13(12)15)19-9(2)14(18)16-10-3-4-10/h5-10,17H,3-4H2,1-2H3,(H,16,18)/t8-,9?/m1/s1. The lowest BCUT2D eigenvalue weighted by molar-refractivity contribution is -0.127. The van der Waals surface area contributed by atoms with E-state index in [2.05, 4.69) is 5.32 Å². The molecule has 0 spiro atoms. The van der Waals surface area contributed by atoms with Crippen molar-refractivity contribution < 1.29 is 19.0 Å². The molecule has 1 aromatic carbocycles. The Labute approximate surface area is 111 Å². The molecule has 2 atom stereocenters. The van der Waals surface area contributed by atoms with Gasteiger partial charge in [0.1, 0.15) is 11.6 Å². The summed E-state index contributed by atoms with van der Waals surface area (Å²) in [4.78, 5) is 11.7. The fourth-order valence-electron chi connectivity index (χ4n) is 1.72. The summed E-state index contributed by atoms with van der Waals surface area (Å²) >= 11 is 0. The van der Waals surface area contributed by atoms with Crippen molar-refractivity contribution in [3.63, 3.8) is 0 Å². The number of aliphatic hydroxyl groups is 1. The number of ether oxygens (including phenoxy) is 1. The van der Waals surface area contributed by atoms with Crippen molar-refractivity contribution in [3.05, 3.63) is 29.6 Å². The van der Waals surface area contributed by atoms with Crippen molar-refractivity contribution in [2.45, 2.75) is 44.9 Å². The monoisotopic (exact) mass is 267 g/mol. The topological polar surface area (TPSA) is 58.6 Å². The third-order valence-corrected chi connectivity index (χ3v) is 3.03. The summed E-state index contributed by atoms with van der Waals surface area (Å²) < 4.78 is 19.0. The average Bonchev–Trinajstić information content (AvgIpc) is 3.12. The lowest BCUT2D eigenvalue weighted by Gasteiger charge is -2.15. The molecular formula is C14H18FNO3. The van der Waals surface area contributed by atoms with Crippen LogP contribution in [0.25, 0.3) is 0 Å². The maximum absolute atomic E-state index is 13.6. The SMILES string of the molecule is CC(Oc1ccc([C@@H](C)O)c(F)c1)C(=O)NC1CC1. The minimum atomic E-state index is -0.871. The van der Waals surface area contributed by atoms with Gasteiger partial charge in [-0.2, -0.15) is 0 Å². The Hall–Kier alpha value is -1.62. The highest BCUT2D eigenvalue weighted by atomic mass is 19.1. The van der Waals surface area contributed by atoms with E-state index < -0.39 is 18.0 Å². The van der Waals surface area contributed by atoms with Crippen molar-refractivity contribution in [2.24, 2.45) is 0 Å². The third-order valence-electron chi connectivity index (χ3n) is 3.03. The molecule has 0 aliphatic heterocycles. The number of aliphatic hydroxyl groups excluding tert-OH is 1. The van der Waals surface area contributed by atoms with Crippen LogP contribution in [-0.4, -0.2) is 23.2 Å². The summed E-state index contributed by atoms with van der Waals surface area (Å²) in [5, 5.41) is 12.1. The molecule has 2 N–H and O–H groups in total. The number of benzene rings is 1. The number of halogens is 1. The van der Waals surface area contributed by atoms with E-state index in [9.17, 15) is 14.3 Å². The molecule has 0 saturated heterocycles. The van der Waals surface area contributed by atoms with Crippen LogP contribution < -0.4 is 10.1 Å². The molecule has 1 fully saturated rings. The Balaban J connectivity index is 1.98. The van der Waals surface area contributed by atoms with E-state index in [4.69, 9.17) is 4.74 Å². The zero-order chi connectivity index (χ0) is 14.0. The van der Waals surface area contributed by atoms with Gasteiger partial charge in [0, 0.05) is 17.7 Å². The average molecular weight is 267 g/mol. The quantitative estimate of drug-likeness (QED) is 0.857. The number of rotatable bonds is 5. The molecule has 1 unspecified atom stereocenters. The molecule has 1 aliphatic carbocycles. The first-order chi connectivity index (χ1) is 8.97. The number of hydrogen-bond donors (Lipinski definition) is 2. The number of nitrogens with one attached hydrogen (secondary N) is 1. The highest BCUT2D eigenvalue weighted by Gasteiger charge is 2.26. The predicted molar refractivity (Wildman–Crippen MR) is 68.3 cm³/mol. The fraction of sp³-hybridized carbons (Fsp3) is 0.500. The number of hydrogen-bond acceptors (Lipinski definition) is 3. The van der Waals surface area contributed by atoms with Gasteiger partial charge in [0.25, 0.3) is 5.91 Å². The first-order valence-corrected chi connectivity index (χ1v) is 6.42. The fourth-order valence-corrected chi connectivity index (χ4v) is 1.72. The highest BCUT2D eigenvalue weighted by Crippen LogP contribution is 2.23. The van der Waals surface area contributed by atoms with E-state index in [1.54, 1.807) is 13.0 Å².